The smallest absolute Gasteiger partial charge is 0.369 e. The molecule has 52 heteroatoms. The van der Waals surface area contributed by atoms with Crippen molar-refractivity contribution in [2.75, 3.05) is 52.9 Å². The second kappa shape index (κ2) is 53.0. The lowest BCUT2D eigenvalue weighted by atomic mass is 10.4. The zero-order valence-corrected chi connectivity index (χ0v) is 69.6. The molecule has 0 spiro atoms. The molecule has 7 rings (SSSR count). The Kier molecular flexibility index (Phi) is 46.9. The van der Waals surface area contributed by atoms with Gasteiger partial charge in [0.2, 0.25) is 0 Å². The van der Waals surface area contributed by atoms with Crippen LogP contribution in [0.3, 0.4) is 0 Å². The van der Waals surface area contributed by atoms with Crippen LogP contribution in [0, 0.1) is 0 Å². The van der Waals surface area contributed by atoms with E-state index in [9.17, 15) is 106 Å². The second-order valence-electron chi connectivity index (χ2n) is 25.8. The molecule has 0 aliphatic carbocycles. The molecule has 0 saturated heterocycles. The highest BCUT2D eigenvalue weighted by Gasteiger charge is 2.21. The zero-order valence-electron chi connectivity index (χ0n) is 69.6. The topological polar surface area (TPSA) is 664 Å². The summed E-state index contributed by atoms with van der Waals surface area (Å²) in [4.78, 5) is 247. The first-order valence-electron chi connectivity index (χ1n) is 38.6. The van der Waals surface area contributed by atoms with E-state index < -0.39 is 139 Å². The van der Waals surface area contributed by atoms with Crippen LogP contribution in [0.5, 0.6) is 0 Å². The van der Waals surface area contributed by atoms with Crippen molar-refractivity contribution in [3.05, 3.63) is 220 Å². The van der Waals surface area contributed by atoms with Gasteiger partial charge in [-0.1, -0.05) is 60.1 Å². The minimum Gasteiger partial charge on any atom is -0.420 e. The first-order valence-corrected chi connectivity index (χ1v) is 38.6. The summed E-state index contributed by atoms with van der Waals surface area (Å²) in [5, 5.41) is 88.6. The van der Waals surface area contributed by atoms with Gasteiger partial charge < -0.3 is 51.2 Å². The fraction of sp³-hybridized carbons (Fsp3) is 0.691. The quantitative estimate of drug-likeness (QED) is 0.0165. The molecule has 10 N–H and O–H groups in total. The molecule has 0 aliphatic rings. The van der Waals surface area contributed by atoms with Crippen molar-refractivity contribution in [1.82, 2.24) is 96.1 Å². The standard InChI is InChI=1S/2C11H19N3O4.C10H17N3O5.C10H17N3O4.C9H15N3O5.C9H15N3O4.C8H13N3O5/c1-4-5-12-9(16)13(6-7-15)11(18)14(8(2)3)10(12)17;1-3-5-12-9(16)13(6-4-2)11(18)14(7-8-15)10(12)17;1-2-3-11-8(16)12(4-6-14)10(18)13(5-7-15)9(11)17;1-3-5-12-8(15)11(4-2)9(16)13(6-7-14)10(12)17;1-2-3-10-7(15)11(4-5-13)9(17)12(6-14)8(10)16;1-3-4-11-7(14)10(2)8(15)12(5-6-13)9(11)16;1-2-3-9-6(13)10(4-5-12)8(15)11(16)7(9)14/h8,15H,4-7H2,1-3H3;15H,3-8H2,1-2H3;14-15H,2-7H2,1H3;14H,3-7H2,1-2H3;13-14H,2-6H2,1H3;13H,3-6H2,1-2H3;12,16H,2-5H2,1H3. The number of hydrogen-bond donors (Lipinski definition) is 10. The van der Waals surface area contributed by atoms with Gasteiger partial charge in [-0.2, -0.15) is 0 Å². The van der Waals surface area contributed by atoms with Crippen LogP contribution in [0.2, 0.25) is 0 Å². The molecule has 7 heterocycles. The van der Waals surface area contributed by atoms with Gasteiger partial charge in [-0.25, -0.2) is 192 Å². The summed E-state index contributed by atoms with van der Waals surface area (Å²) in [6.45, 7) is 16.7. The molecule has 0 unspecified atom stereocenters. The third kappa shape index (κ3) is 26.2. The Hall–Kier alpha value is -11.7. The predicted molar refractivity (Wildman–Crippen MR) is 430 cm³/mol. The maximum atomic E-state index is 12.0. The highest BCUT2D eigenvalue weighted by Crippen LogP contribution is 1.95. The number of aliphatic hydroxyl groups excluding tert-OH is 9. The van der Waals surface area contributed by atoms with E-state index in [4.69, 9.17) is 46.0 Å². The average molecular weight is 1720 g/mol. The number of nitrogens with zero attached hydrogens (tertiary/aromatic N) is 21. The van der Waals surface area contributed by atoms with Crippen LogP contribution in [0.15, 0.2) is 101 Å². The molecule has 0 radical (unpaired) electrons. The van der Waals surface area contributed by atoms with E-state index in [1.54, 1.807) is 41.5 Å². The Morgan fingerprint density at radius 3 is 0.517 bits per heavy atom. The van der Waals surface area contributed by atoms with E-state index in [1.165, 1.54) is 7.05 Å². The third-order valence-electron chi connectivity index (χ3n) is 16.8. The first kappa shape index (κ1) is 106. The molecule has 120 heavy (non-hydrogen) atoms. The van der Waals surface area contributed by atoms with Gasteiger partial charge in [0.15, 0.2) is 0 Å². The van der Waals surface area contributed by atoms with E-state index in [2.05, 4.69) is 0 Å². The number of hydrogen-bond acceptors (Lipinski definition) is 31. The van der Waals surface area contributed by atoms with E-state index in [1.807, 2.05) is 34.6 Å². The molecule has 0 fully saturated rings. The molecular weight excluding hydrogens is 1610 g/mol. The highest BCUT2D eigenvalue weighted by molar-refractivity contribution is 4.86. The van der Waals surface area contributed by atoms with Crippen LogP contribution in [0.25, 0.3) is 0 Å². The fourth-order valence-corrected chi connectivity index (χ4v) is 11.2. The van der Waals surface area contributed by atoms with Crippen LogP contribution in [-0.2, 0) is 125 Å². The first-order chi connectivity index (χ1) is 56.8. The molecule has 52 nitrogen and oxygen atoms in total. The summed E-state index contributed by atoms with van der Waals surface area (Å²) in [6.07, 6.45) is 4.71. The molecular formula is C68H115N21O31. The summed E-state index contributed by atoms with van der Waals surface area (Å²) in [5.41, 5.74) is -15.4. The predicted octanol–water partition coefficient (Wildman–Crippen LogP) is -12.3. The normalized spacial score (nSPS) is 10.8. The minimum atomic E-state index is -1.14. The minimum absolute atomic E-state index is 0.0919. The zero-order chi connectivity index (χ0) is 91.9. The number of rotatable bonds is 35. The highest BCUT2D eigenvalue weighted by atomic mass is 16.5. The lowest BCUT2D eigenvalue weighted by Gasteiger charge is -2.14. The van der Waals surface area contributed by atoms with Crippen LogP contribution >= 0.6 is 0 Å². The Balaban J connectivity index is 0.000000700. The Morgan fingerprint density at radius 2 is 0.342 bits per heavy atom. The molecule has 7 aromatic heterocycles. The van der Waals surface area contributed by atoms with Gasteiger partial charge in [-0.05, 0) is 72.1 Å². The van der Waals surface area contributed by atoms with Gasteiger partial charge in [0.25, 0.3) is 0 Å². The van der Waals surface area contributed by atoms with Gasteiger partial charge in [0.1, 0.15) is 6.73 Å². The van der Waals surface area contributed by atoms with E-state index in [0.29, 0.717) is 60.5 Å². The van der Waals surface area contributed by atoms with Crippen molar-refractivity contribution in [3.63, 3.8) is 0 Å². The summed E-state index contributed by atoms with van der Waals surface area (Å²) in [5.74, 6) is 0. The summed E-state index contributed by atoms with van der Waals surface area (Å²) in [7, 11) is 1.31. The molecule has 7 aromatic rings. The largest absolute Gasteiger partial charge is 0.420 e. The van der Waals surface area contributed by atoms with Crippen molar-refractivity contribution >= 4 is 0 Å². The molecule has 0 bridgehead atoms. The Bertz CT molecular complexity index is 5150. The molecule has 0 saturated carbocycles. The van der Waals surface area contributed by atoms with Crippen LogP contribution in [-0.4, -0.2) is 200 Å². The molecule has 0 atom stereocenters. The Morgan fingerprint density at radius 1 is 0.200 bits per heavy atom. The maximum Gasteiger partial charge on any atom is 0.369 e. The van der Waals surface area contributed by atoms with Crippen LogP contribution in [0.1, 0.15) is 134 Å². The average Bonchev–Trinajstić information content (AvgIpc) is 0.780. The molecule has 0 aromatic carbocycles. The fourth-order valence-electron chi connectivity index (χ4n) is 11.2. The summed E-state index contributed by atoms with van der Waals surface area (Å²) < 4.78 is 17.5. The van der Waals surface area contributed by atoms with E-state index >= 15 is 0 Å². The SMILES string of the molecule is CCCn1c(=O)n(C)c(=O)n(CCO)c1=O.CCCn1c(=O)n(CC)c(=O)n(CCO)c1=O.CCCn1c(=O)n(CCC)c(=O)n(CCO)c1=O.CCCn1c(=O)n(CCO)c(=O)n(C(C)C)c1=O.CCCn1c(=O)n(CCO)c(=O)n(CCO)c1=O.CCCn1c(=O)n(CO)c(=O)n(CCO)c1=O.CCCn1c(=O)n(O)c(=O)n(CCO)c1=O. The van der Waals surface area contributed by atoms with Crippen molar-refractivity contribution in [2.45, 2.75) is 252 Å². The molecule has 0 amide bonds. The lowest BCUT2D eigenvalue weighted by Crippen LogP contribution is -2.55. The Labute approximate surface area is 676 Å². The van der Waals surface area contributed by atoms with Crippen molar-refractivity contribution < 1.29 is 51.2 Å². The maximum absolute atomic E-state index is 12.0. The van der Waals surface area contributed by atoms with Gasteiger partial charge >= 0.3 is 119 Å². The second-order valence-corrected chi connectivity index (χ2v) is 25.8. The molecule has 678 valence electrons. The lowest BCUT2D eigenvalue weighted by molar-refractivity contribution is 0.135. The van der Waals surface area contributed by atoms with E-state index in [-0.39, 0.29) is 162 Å². The van der Waals surface area contributed by atoms with Gasteiger partial charge in [0, 0.05) is 72.0 Å². The van der Waals surface area contributed by atoms with Crippen LogP contribution < -0.4 is 119 Å². The number of aromatic nitrogens is 21. The van der Waals surface area contributed by atoms with Crippen LogP contribution in [0.4, 0.5) is 0 Å². The van der Waals surface area contributed by atoms with Gasteiger partial charge in [-0.15, -0.1) is 0 Å². The number of aliphatic hydroxyl groups is 9. The third-order valence-corrected chi connectivity index (χ3v) is 16.8. The van der Waals surface area contributed by atoms with Crippen molar-refractivity contribution in [1.29, 1.82) is 0 Å². The van der Waals surface area contributed by atoms with Crippen molar-refractivity contribution in [2.24, 2.45) is 7.05 Å². The van der Waals surface area contributed by atoms with Gasteiger partial charge in [-0.3, -0.25) is 0 Å². The van der Waals surface area contributed by atoms with E-state index in [0.717, 1.165) is 82.2 Å². The molecule has 0 aliphatic heterocycles. The monoisotopic (exact) mass is 1720 g/mol. The summed E-state index contributed by atoms with van der Waals surface area (Å²) in [6, 6.07) is -0.335. The van der Waals surface area contributed by atoms with Gasteiger partial charge in [0.05, 0.1) is 105 Å². The summed E-state index contributed by atoms with van der Waals surface area (Å²) >= 11 is 0. The van der Waals surface area contributed by atoms with Crippen molar-refractivity contribution in [3.8, 4) is 0 Å².